The summed E-state index contributed by atoms with van der Waals surface area (Å²) in [5.41, 5.74) is 4.17. The Kier molecular flexibility index (Phi) is 5.92. The molecule has 1 amide bonds. The molecule has 5 nitrogen and oxygen atoms in total. The molecule has 2 heterocycles. The zero-order valence-corrected chi connectivity index (χ0v) is 15.2. The second kappa shape index (κ2) is 8.54. The molecule has 0 aliphatic carbocycles. The van der Waals surface area contributed by atoms with Crippen molar-refractivity contribution >= 4 is 16.8 Å². The number of nitrogens with zero attached hydrogens (tertiary/aromatic N) is 2. The van der Waals surface area contributed by atoms with Crippen molar-refractivity contribution in [2.45, 2.75) is 20.3 Å². The van der Waals surface area contributed by atoms with Gasteiger partial charge in [0.05, 0.1) is 16.8 Å². The van der Waals surface area contributed by atoms with Crippen LogP contribution in [0.5, 0.6) is 0 Å². The van der Waals surface area contributed by atoms with Crippen molar-refractivity contribution in [1.29, 1.82) is 0 Å². The van der Waals surface area contributed by atoms with E-state index < -0.39 is 0 Å². The average molecular weight is 349 g/mol. The monoisotopic (exact) mass is 349 g/mol. The van der Waals surface area contributed by atoms with Gasteiger partial charge in [0, 0.05) is 43.1 Å². The lowest BCUT2D eigenvalue weighted by molar-refractivity contribution is 0.0946. The molecule has 0 unspecified atom stereocenters. The van der Waals surface area contributed by atoms with Crippen LogP contribution in [0.2, 0.25) is 0 Å². The van der Waals surface area contributed by atoms with Crippen LogP contribution < -0.4 is 5.32 Å². The number of rotatable bonds is 7. The van der Waals surface area contributed by atoms with E-state index in [4.69, 9.17) is 9.72 Å². The molecule has 1 aromatic carbocycles. The van der Waals surface area contributed by atoms with Crippen molar-refractivity contribution in [2.75, 3.05) is 19.8 Å². The average Bonchev–Trinajstić information content (AvgIpc) is 2.67. The molecule has 2 aromatic heterocycles. The number of fused-ring (bicyclic) bond motifs is 1. The van der Waals surface area contributed by atoms with Gasteiger partial charge in [-0.3, -0.25) is 9.78 Å². The molecule has 0 spiro atoms. The number of hydrogen-bond donors (Lipinski definition) is 1. The van der Waals surface area contributed by atoms with Gasteiger partial charge in [-0.15, -0.1) is 0 Å². The minimum atomic E-state index is -0.0929. The fourth-order valence-electron chi connectivity index (χ4n) is 2.81. The van der Waals surface area contributed by atoms with Gasteiger partial charge in [-0.25, -0.2) is 4.98 Å². The van der Waals surface area contributed by atoms with Crippen LogP contribution in [-0.2, 0) is 4.74 Å². The Labute approximate surface area is 153 Å². The van der Waals surface area contributed by atoms with Crippen LogP contribution in [0.25, 0.3) is 22.2 Å². The molecule has 0 radical (unpaired) electrons. The number of carbonyl (C=O) groups excluding carboxylic acids is 1. The van der Waals surface area contributed by atoms with Gasteiger partial charge in [0.1, 0.15) is 0 Å². The number of hydrogen-bond acceptors (Lipinski definition) is 4. The fourth-order valence-corrected chi connectivity index (χ4v) is 2.81. The van der Waals surface area contributed by atoms with Crippen molar-refractivity contribution in [1.82, 2.24) is 15.3 Å². The highest BCUT2D eigenvalue weighted by Crippen LogP contribution is 2.25. The van der Waals surface area contributed by atoms with Crippen molar-refractivity contribution in [3.8, 4) is 11.3 Å². The van der Waals surface area contributed by atoms with Crippen molar-refractivity contribution < 1.29 is 9.53 Å². The van der Waals surface area contributed by atoms with Gasteiger partial charge >= 0.3 is 0 Å². The highest BCUT2D eigenvalue weighted by atomic mass is 16.5. The zero-order chi connectivity index (χ0) is 18.4. The molecule has 0 bridgehead atoms. The first-order valence-corrected chi connectivity index (χ1v) is 8.87. The van der Waals surface area contributed by atoms with E-state index in [0.717, 1.165) is 34.1 Å². The second-order valence-electron chi connectivity index (χ2n) is 6.12. The molecule has 3 aromatic rings. The predicted octanol–water partition coefficient (Wildman–Crippen LogP) is 3.76. The summed E-state index contributed by atoms with van der Waals surface area (Å²) in [6, 6.07) is 11.6. The third kappa shape index (κ3) is 4.24. The van der Waals surface area contributed by atoms with Gasteiger partial charge in [0.15, 0.2) is 0 Å². The predicted molar refractivity (Wildman–Crippen MR) is 103 cm³/mol. The highest BCUT2D eigenvalue weighted by Gasteiger charge is 2.14. The third-order valence-corrected chi connectivity index (χ3v) is 4.12. The van der Waals surface area contributed by atoms with Crippen LogP contribution in [0.1, 0.15) is 29.3 Å². The molecule has 3 rings (SSSR count). The fraction of sp³-hybridized carbons (Fsp3) is 0.286. The number of aromatic nitrogens is 2. The molecule has 0 saturated heterocycles. The summed E-state index contributed by atoms with van der Waals surface area (Å²) in [6.07, 6.45) is 4.27. The molecule has 0 fully saturated rings. The molecule has 1 N–H and O–H groups in total. The minimum Gasteiger partial charge on any atom is -0.382 e. The SMILES string of the molecule is CCOCCCNC(=O)c1cc(-c2cccnc2)nc2ccc(C)cc12. The van der Waals surface area contributed by atoms with Crippen LogP contribution >= 0.6 is 0 Å². The summed E-state index contributed by atoms with van der Waals surface area (Å²) in [4.78, 5) is 21.7. The maximum atomic E-state index is 12.8. The van der Waals surface area contributed by atoms with Crippen molar-refractivity contribution in [3.63, 3.8) is 0 Å². The summed E-state index contributed by atoms with van der Waals surface area (Å²) in [6.45, 7) is 5.89. The van der Waals surface area contributed by atoms with Crippen molar-refractivity contribution in [2.24, 2.45) is 0 Å². The van der Waals surface area contributed by atoms with E-state index in [1.807, 2.05) is 50.2 Å². The molecule has 26 heavy (non-hydrogen) atoms. The van der Waals surface area contributed by atoms with E-state index in [9.17, 15) is 4.79 Å². The molecule has 134 valence electrons. The zero-order valence-electron chi connectivity index (χ0n) is 15.2. The van der Waals surface area contributed by atoms with Gasteiger partial charge < -0.3 is 10.1 Å². The van der Waals surface area contributed by atoms with E-state index in [2.05, 4.69) is 10.3 Å². The first kappa shape index (κ1) is 18.0. The molecule has 0 saturated carbocycles. The Bertz CT molecular complexity index is 894. The Morgan fingerprint density at radius 3 is 2.88 bits per heavy atom. The number of benzene rings is 1. The molecule has 5 heteroatoms. The van der Waals surface area contributed by atoms with Gasteiger partial charge in [0.25, 0.3) is 5.91 Å². The summed E-state index contributed by atoms with van der Waals surface area (Å²) < 4.78 is 5.32. The topological polar surface area (TPSA) is 64.1 Å². The summed E-state index contributed by atoms with van der Waals surface area (Å²) in [5, 5.41) is 3.85. The number of ether oxygens (including phenoxy) is 1. The summed E-state index contributed by atoms with van der Waals surface area (Å²) in [7, 11) is 0. The van der Waals surface area contributed by atoms with E-state index in [1.54, 1.807) is 12.4 Å². The second-order valence-corrected chi connectivity index (χ2v) is 6.12. The Hall–Kier alpha value is -2.79. The number of nitrogens with one attached hydrogen (secondary N) is 1. The van der Waals surface area contributed by atoms with E-state index >= 15 is 0 Å². The maximum absolute atomic E-state index is 12.8. The lowest BCUT2D eigenvalue weighted by atomic mass is 10.0. The van der Waals surface area contributed by atoms with Crippen LogP contribution in [0.3, 0.4) is 0 Å². The maximum Gasteiger partial charge on any atom is 0.252 e. The smallest absolute Gasteiger partial charge is 0.252 e. The van der Waals surface area contributed by atoms with Crippen molar-refractivity contribution in [3.05, 3.63) is 59.9 Å². The van der Waals surface area contributed by atoms with E-state index in [0.29, 0.717) is 25.3 Å². The summed E-state index contributed by atoms with van der Waals surface area (Å²) >= 11 is 0. The van der Waals surface area contributed by atoms with Gasteiger partial charge in [-0.2, -0.15) is 0 Å². The Morgan fingerprint density at radius 2 is 2.12 bits per heavy atom. The third-order valence-electron chi connectivity index (χ3n) is 4.12. The molecular weight excluding hydrogens is 326 g/mol. The quantitative estimate of drug-likeness (QED) is 0.660. The van der Waals surface area contributed by atoms with Gasteiger partial charge in [0.2, 0.25) is 0 Å². The number of amides is 1. The Balaban J connectivity index is 1.93. The van der Waals surface area contributed by atoms with Gasteiger partial charge in [-0.1, -0.05) is 11.6 Å². The first-order valence-electron chi connectivity index (χ1n) is 8.87. The number of pyridine rings is 2. The molecule has 0 atom stereocenters. The van der Waals surface area contributed by atoms with E-state index in [1.165, 1.54) is 0 Å². The summed E-state index contributed by atoms with van der Waals surface area (Å²) in [5.74, 6) is -0.0929. The molecule has 0 aliphatic heterocycles. The van der Waals surface area contributed by atoms with Crippen LogP contribution in [-0.4, -0.2) is 35.6 Å². The van der Waals surface area contributed by atoms with Gasteiger partial charge in [-0.05, 0) is 50.6 Å². The number of carbonyl (C=O) groups is 1. The Morgan fingerprint density at radius 1 is 1.23 bits per heavy atom. The van der Waals surface area contributed by atoms with E-state index in [-0.39, 0.29) is 5.91 Å². The van der Waals surface area contributed by atoms with Crippen LogP contribution in [0.4, 0.5) is 0 Å². The normalized spacial score (nSPS) is 10.8. The van der Waals surface area contributed by atoms with Crippen LogP contribution in [0, 0.1) is 6.92 Å². The lowest BCUT2D eigenvalue weighted by Gasteiger charge is -2.11. The minimum absolute atomic E-state index is 0.0929. The standard InChI is InChI=1S/C21H23N3O2/c1-3-26-11-5-10-23-21(25)18-13-20(16-6-4-9-22-14-16)24-19-8-7-15(2)12-17(18)19/h4,6-9,12-14H,3,5,10-11H2,1-2H3,(H,23,25). The number of aryl methyl sites for hydroxylation is 1. The largest absolute Gasteiger partial charge is 0.382 e. The first-order chi connectivity index (χ1) is 12.7. The highest BCUT2D eigenvalue weighted by molar-refractivity contribution is 6.07. The van der Waals surface area contributed by atoms with Crippen LogP contribution in [0.15, 0.2) is 48.8 Å². The molecule has 0 aliphatic rings. The molecular formula is C21H23N3O2. The lowest BCUT2D eigenvalue weighted by Crippen LogP contribution is -2.25.